The zero-order chi connectivity index (χ0) is 14.7. The van der Waals surface area contributed by atoms with Gasteiger partial charge in [0.15, 0.2) is 0 Å². The van der Waals surface area contributed by atoms with Crippen molar-refractivity contribution >= 4 is 5.91 Å². The molecule has 2 fully saturated rings. The lowest BCUT2D eigenvalue weighted by Crippen LogP contribution is -2.38. The molecule has 0 aromatic carbocycles. The van der Waals surface area contributed by atoms with Gasteiger partial charge >= 0.3 is 0 Å². The van der Waals surface area contributed by atoms with Gasteiger partial charge in [0.05, 0.1) is 12.5 Å². The van der Waals surface area contributed by atoms with Crippen LogP contribution in [0.5, 0.6) is 0 Å². The van der Waals surface area contributed by atoms with Crippen LogP contribution in [0.15, 0.2) is 24.5 Å². The summed E-state index contributed by atoms with van der Waals surface area (Å²) in [6.45, 7) is 1.10. The molecular formula is C17H21N3O. The lowest BCUT2D eigenvalue weighted by Gasteiger charge is -2.29. The van der Waals surface area contributed by atoms with Crippen LogP contribution in [0.4, 0.5) is 0 Å². The van der Waals surface area contributed by atoms with Crippen LogP contribution in [0.1, 0.15) is 37.7 Å². The summed E-state index contributed by atoms with van der Waals surface area (Å²) in [6.07, 6.45) is 8.73. The molecule has 2 aliphatic rings. The molecule has 21 heavy (non-hydrogen) atoms. The van der Waals surface area contributed by atoms with E-state index in [1.54, 1.807) is 12.4 Å². The molecule has 4 heteroatoms. The fourth-order valence-corrected chi connectivity index (χ4v) is 3.95. The second kappa shape index (κ2) is 6.26. The van der Waals surface area contributed by atoms with Gasteiger partial charge in [0.1, 0.15) is 0 Å². The topological polar surface area (TPSA) is 57.0 Å². The van der Waals surface area contributed by atoms with E-state index in [-0.39, 0.29) is 11.8 Å². The Labute approximate surface area is 125 Å². The van der Waals surface area contributed by atoms with Crippen LogP contribution >= 0.6 is 0 Å². The predicted octanol–water partition coefficient (Wildman–Crippen LogP) is 2.76. The third-order valence-electron chi connectivity index (χ3n) is 4.96. The Balaban J connectivity index is 1.69. The van der Waals surface area contributed by atoms with E-state index in [1.165, 1.54) is 19.3 Å². The molecule has 1 heterocycles. The standard InChI is InChI=1S/C17H21N3O/c18-6-2-8-20(12-14-3-1-7-19-11-14)17(21)16-10-13-4-5-15(16)9-13/h1,3,7,11,13,15-16H,2,4-5,8-10,12H2/t13-,15-,16+/m0/s1. The first-order chi connectivity index (χ1) is 10.3. The van der Waals surface area contributed by atoms with Gasteiger partial charge in [0.25, 0.3) is 0 Å². The molecule has 2 bridgehead atoms. The number of fused-ring (bicyclic) bond motifs is 2. The average molecular weight is 283 g/mol. The third kappa shape index (κ3) is 3.07. The van der Waals surface area contributed by atoms with Crippen LogP contribution in [-0.2, 0) is 11.3 Å². The summed E-state index contributed by atoms with van der Waals surface area (Å²) in [4.78, 5) is 18.8. The Morgan fingerprint density at radius 1 is 1.43 bits per heavy atom. The van der Waals surface area contributed by atoms with Gasteiger partial charge in [-0.05, 0) is 42.7 Å². The number of carbonyl (C=O) groups is 1. The van der Waals surface area contributed by atoms with Crippen molar-refractivity contribution in [3.8, 4) is 6.07 Å². The van der Waals surface area contributed by atoms with Gasteiger partial charge in [-0.25, -0.2) is 0 Å². The maximum Gasteiger partial charge on any atom is 0.226 e. The molecule has 1 aromatic rings. The van der Waals surface area contributed by atoms with Crippen LogP contribution in [0, 0.1) is 29.1 Å². The molecule has 0 radical (unpaired) electrons. The minimum absolute atomic E-state index is 0.194. The summed E-state index contributed by atoms with van der Waals surface area (Å²) in [7, 11) is 0. The second-order valence-corrected chi connectivity index (χ2v) is 6.31. The van der Waals surface area contributed by atoms with Crippen LogP contribution in [0.25, 0.3) is 0 Å². The Kier molecular flexibility index (Phi) is 4.19. The first kappa shape index (κ1) is 14.1. The highest BCUT2D eigenvalue weighted by atomic mass is 16.2. The molecule has 1 aromatic heterocycles. The van der Waals surface area contributed by atoms with E-state index >= 15 is 0 Å². The zero-order valence-corrected chi connectivity index (χ0v) is 12.2. The zero-order valence-electron chi connectivity index (χ0n) is 12.2. The van der Waals surface area contributed by atoms with E-state index in [1.807, 2.05) is 17.0 Å². The Hall–Kier alpha value is -1.89. The van der Waals surface area contributed by atoms with Crippen molar-refractivity contribution in [2.75, 3.05) is 6.54 Å². The summed E-state index contributed by atoms with van der Waals surface area (Å²) in [5.41, 5.74) is 1.03. The summed E-state index contributed by atoms with van der Waals surface area (Å²) < 4.78 is 0. The van der Waals surface area contributed by atoms with Crippen LogP contribution in [0.2, 0.25) is 0 Å². The lowest BCUT2D eigenvalue weighted by molar-refractivity contribution is -0.137. The van der Waals surface area contributed by atoms with Crippen molar-refractivity contribution in [2.45, 2.75) is 38.6 Å². The van der Waals surface area contributed by atoms with Gasteiger partial charge in [-0.15, -0.1) is 0 Å². The largest absolute Gasteiger partial charge is 0.337 e. The fraction of sp³-hybridized carbons (Fsp3) is 0.588. The number of nitriles is 1. The summed E-state index contributed by atoms with van der Waals surface area (Å²) >= 11 is 0. The normalized spacial score (nSPS) is 26.5. The average Bonchev–Trinajstić information content (AvgIpc) is 3.14. The van der Waals surface area contributed by atoms with Crippen molar-refractivity contribution in [3.63, 3.8) is 0 Å². The Morgan fingerprint density at radius 2 is 2.33 bits per heavy atom. The molecule has 0 N–H and O–H groups in total. The number of amides is 1. The molecule has 1 amide bonds. The SMILES string of the molecule is N#CCCN(Cc1cccnc1)C(=O)[C@@H]1C[C@H]2CC[C@H]1C2. The smallest absolute Gasteiger partial charge is 0.226 e. The van der Waals surface area contributed by atoms with Gasteiger partial charge in [0, 0.05) is 31.4 Å². The Morgan fingerprint density at radius 3 is 2.95 bits per heavy atom. The van der Waals surface area contributed by atoms with E-state index in [0.717, 1.165) is 17.9 Å². The minimum Gasteiger partial charge on any atom is -0.337 e. The van der Waals surface area contributed by atoms with E-state index in [0.29, 0.717) is 25.4 Å². The van der Waals surface area contributed by atoms with Crippen molar-refractivity contribution in [1.82, 2.24) is 9.88 Å². The molecule has 2 saturated carbocycles. The lowest BCUT2D eigenvalue weighted by atomic mass is 9.87. The fourth-order valence-electron chi connectivity index (χ4n) is 3.95. The molecule has 0 unspecified atom stereocenters. The number of aromatic nitrogens is 1. The second-order valence-electron chi connectivity index (χ2n) is 6.31. The van der Waals surface area contributed by atoms with Crippen molar-refractivity contribution < 1.29 is 4.79 Å². The van der Waals surface area contributed by atoms with Gasteiger partial charge in [0.2, 0.25) is 5.91 Å². The van der Waals surface area contributed by atoms with Crippen LogP contribution in [-0.4, -0.2) is 22.3 Å². The van der Waals surface area contributed by atoms with Crippen LogP contribution in [0.3, 0.4) is 0 Å². The highest BCUT2D eigenvalue weighted by Crippen LogP contribution is 2.48. The maximum atomic E-state index is 12.8. The molecule has 0 saturated heterocycles. The van der Waals surface area contributed by atoms with E-state index in [2.05, 4.69) is 11.1 Å². The molecule has 3 atom stereocenters. The predicted molar refractivity (Wildman–Crippen MR) is 78.8 cm³/mol. The number of carbonyl (C=O) groups excluding carboxylic acids is 1. The Bertz CT molecular complexity index is 537. The first-order valence-electron chi connectivity index (χ1n) is 7.82. The summed E-state index contributed by atoms with van der Waals surface area (Å²) in [5, 5.41) is 8.83. The highest BCUT2D eigenvalue weighted by molar-refractivity contribution is 5.79. The molecular weight excluding hydrogens is 262 g/mol. The molecule has 2 aliphatic carbocycles. The quantitative estimate of drug-likeness (QED) is 0.835. The van der Waals surface area contributed by atoms with Gasteiger partial charge in [-0.1, -0.05) is 12.5 Å². The van der Waals surface area contributed by atoms with Crippen LogP contribution < -0.4 is 0 Å². The van der Waals surface area contributed by atoms with E-state index in [4.69, 9.17) is 5.26 Å². The van der Waals surface area contributed by atoms with Crippen molar-refractivity contribution in [1.29, 1.82) is 5.26 Å². The number of hydrogen-bond acceptors (Lipinski definition) is 3. The van der Waals surface area contributed by atoms with Gasteiger partial charge in [-0.3, -0.25) is 9.78 Å². The number of nitrogens with zero attached hydrogens (tertiary/aromatic N) is 3. The summed E-state index contributed by atoms with van der Waals surface area (Å²) in [6, 6.07) is 6.03. The molecule has 3 rings (SSSR count). The molecule has 4 nitrogen and oxygen atoms in total. The molecule has 0 aliphatic heterocycles. The van der Waals surface area contributed by atoms with Crippen molar-refractivity contribution in [3.05, 3.63) is 30.1 Å². The summed E-state index contributed by atoms with van der Waals surface area (Å²) in [5.74, 6) is 1.79. The third-order valence-corrected chi connectivity index (χ3v) is 4.96. The van der Waals surface area contributed by atoms with Gasteiger partial charge < -0.3 is 4.90 Å². The number of pyridine rings is 1. The highest BCUT2D eigenvalue weighted by Gasteiger charge is 2.44. The monoisotopic (exact) mass is 283 g/mol. The van der Waals surface area contributed by atoms with Gasteiger partial charge in [-0.2, -0.15) is 5.26 Å². The number of rotatable bonds is 5. The van der Waals surface area contributed by atoms with Crippen molar-refractivity contribution in [2.24, 2.45) is 17.8 Å². The van der Waals surface area contributed by atoms with E-state index < -0.39 is 0 Å². The molecule has 0 spiro atoms. The minimum atomic E-state index is 0.194. The number of hydrogen-bond donors (Lipinski definition) is 0. The molecule has 110 valence electrons. The maximum absolute atomic E-state index is 12.8. The first-order valence-corrected chi connectivity index (χ1v) is 7.82. The van der Waals surface area contributed by atoms with E-state index in [9.17, 15) is 4.79 Å².